The van der Waals surface area contributed by atoms with E-state index in [1.807, 2.05) is 59.5 Å². The van der Waals surface area contributed by atoms with Gasteiger partial charge in [-0.05, 0) is 42.2 Å². The van der Waals surface area contributed by atoms with E-state index in [0.717, 1.165) is 33.2 Å². The van der Waals surface area contributed by atoms with E-state index in [1.165, 1.54) is 0 Å². The highest BCUT2D eigenvalue weighted by Gasteiger charge is 2.29. The first-order valence-corrected chi connectivity index (χ1v) is 10.5. The number of fused-ring (bicyclic) bond motifs is 2. The maximum atomic E-state index is 13.5. The largest absolute Gasteiger partial charge is 0.331 e. The summed E-state index contributed by atoms with van der Waals surface area (Å²) in [5, 5.41) is 3.29. The van der Waals surface area contributed by atoms with E-state index < -0.39 is 0 Å². The third-order valence-corrected chi connectivity index (χ3v) is 5.97. The van der Waals surface area contributed by atoms with Crippen LogP contribution in [0.15, 0.2) is 88.7 Å². The highest BCUT2D eigenvalue weighted by molar-refractivity contribution is 7.99. The third-order valence-electron chi connectivity index (χ3n) is 4.84. The van der Waals surface area contributed by atoms with Crippen LogP contribution in [0, 0.1) is 5.92 Å². The van der Waals surface area contributed by atoms with Crippen molar-refractivity contribution >= 4 is 29.2 Å². The van der Waals surface area contributed by atoms with Crippen LogP contribution in [-0.4, -0.2) is 6.03 Å². The van der Waals surface area contributed by atoms with Crippen molar-refractivity contribution in [2.45, 2.75) is 36.1 Å². The molecule has 1 atom stereocenters. The Balaban J connectivity index is 1.69. The van der Waals surface area contributed by atoms with Crippen molar-refractivity contribution in [3.63, 3.8) is 0 Å². The quantitative estimate of drug-likeness (QED) is 0.534. The van der Waals surface area contributed by atoms with Crippen molar-refractivity contribution < 1.29 is 4.79 Å². The third kappa shape index (κ3) is 3.78. The van der Waals surface area contributed by atoms with Gasteiger partial charge in [-0.1, -0.05) is 80.2 Å². The molecule has 1 aliphatic heterocycles. The van der Waals surface area contributed by atoms with E-state index in [9.17, 15) is 4.79 Å². The van der Waals surface area contributed by atoms with Crippen LogP contribution >= 0.6 is 11.8 Å². The van der Waals surface area contributed by atoms with Crippen molar-refractivity contribution in [2.75, 3.05) is 4.90 Å². The number of anilines is 2. The molecule has 0 bridgehead atoms. The van der Waals surface area contributed by atoms with Gasteiger partial charge in [0.15, 0.2) is 0 Å². The zero-order chi connectivity index (χ0) is 19.5. The van der Waals surface area contributed by atoms with Crippen LogP contribution in [0.4, 0.5) is 16.2 Å². The number of carbonyl (C=O) groups excluding carboxylic acids is 1. The van der Waals surface area contributed by atoms with E-state index in [2.05, 4.69) is 43.4 Å². The van der Waals surface area contributed by atoms with Gasteiger partial charge < -0.3 is 5.32 Å². The Bertz CT molecular complexity index is 926. The van der Waals surface area contributed by atoms with Gasteiger partial charge in [0.1, 0.15) is 0 Å². The maximum Gasteiger partial charge on any atom is 0.327 e. The standard InChI is InChI=1S/C24H24N2OS/c1-17(2)16-19(18-10-4-3-5-11-18)25-24(27)26-20-12-6-8-14-22(20)28-23-15-9-7-13-21(23)26/h3-15,17,19H,16H2,1-2H3,(H,25,27)/t19-/m0/s1. The summed E-state index contributed by atoms with van der Waals surface area (Å²) in [6.07, 6.45) is 0.891. The average Bonchev–Trinajstić information content (AvgIpc) is 2.71. The molecule has 142 valence electrons. The second-order valence-corrected chi connectivity index (χ2v) is 8.50. The van der Waals surface area contributed by atoms with Gasteiger partial charge >= 0.3 is 6.03 Å². The minimum Gasteiger partial charge on any atom is -0.331 e. The molecular formula is C24H24N2OS. The van der Waals surface area contributed by atoms with Gasteiger partial charge in [0.25, 0.3) is 0 Å². The minimum atomic E-state index is -0.0882. The molecule has 0 saturated heterocycles. The Hall–Kier alpha value is -2.72. The van der Waals surface area contributed by atoms with Crippen molar-refractivity contribution in [2.24, 2.45) is 5.92 Å². The molecule has 3 aromatic carbocycles. The SMILES string of the molecule is CC(C)C[C@H](NC(=O)N1c2ccccc2Sc2ccccc21)c1ccccc1. The molecule has 28 heavy (non-hydrogen) atoms. The van der Waals surface area contributed by atoms with Crippen molar-refractivity contribution in [3.8, 4) is 0 Å². The molecule has 0 spiro atoms. The predicted octanol–water partition coefficient (Wildman–Crippen LogP) is 6.79. The van der Waals surface area contributed by atoms with Crippen LogP contribution in [0.3, 0.4) is 0 Å². The molecule has 0 fully saturated rings. The van der Waals surface area contributed by atoms with Gasteiger partial charge in [0, 0.05) is 9.79 Å². The van der Waals surface area contributed by atoms with Crippen LogP contribution in [0.2, 0.25) is 0 Å². The summed E-state index contributed by atoms with van der Waals surface area (Å²) >= 11 is 1.71. The molecule has 1 aliphatic rings. The maximum absolute atomic E-state index is 13.5. The minimum absolute atomic E-state index is 0.0254. The number of hydrogen-bond donors (Lipinski definition) is 1. The van der Waals surface area contributed by atoms with Gasteiger partial charge in [-0.25, -0.2) is 4.79 Å². The number of rotatable bonds is 4. The number of urea groups is 1. The molecule has 4 heteroatoms. The normalized spacial score (nSPS) is 13.6. The number of nitrogens with one attached hydrogen (secondary N) is 1. The fraction of sp³-hybridized carbons (Fsp3) is 0.208. The first-order chi connectivity index (χ1) is 13.6. The molecular weight excluding hydrogens is 364 g/mol. The lowest BCUT2D eigenvalue weighted by Crippen LogP contribution is -2.40. The number of hydrogen-bond acceptors (Lipinski definition) is 2. The van der Waals surface area contributed by atoms with E-state index in [1.54, 1.807) is 11.8 Å². The zero-order valence-corrected chi connectivity index (χ0v) is 16.9. The van der Waals surface area contributed by atoms with Gasteiger partial charge in [-0.3, -0.25) is 4.90 Å². The second-order valence-electron chi connectivity index (χ2n) is 7.42. The van der Waals surface area contributed by atoms with Crippen molar-refractivity contribution in [3.05, 3.63) is 84.4 Å². The van der Waals surface area contributed by atoms with E-state index in [-0.39, 0.29) is 12.1 Å². The van der Waals surface area contributed by atoms with Crippen LogP contribution in [0.1, 0.15) is 31.9 Å². The monoisotopic (exact) mass is 388 g/mol. The lowest BCUT2D eigenvalue weighted by atomic mass is 9.97. The summed E-state index contributed by atoms with van der Waals surface area (Å²) < 4.78 is 0. The average molecular weight is 389 g/mol. The van der Waals surface area contributed by atoms with Crippen LogP contribution in [0.5, 0.6) is 0 Å². The van der Waals surface area contributed by atoms with Crippen LogP contribution < -0.4 is 10.2 Å². The number of amides is 2. The molecule has 0 saturated carbocycles. The molecule has 0 radical (unpaired) electrons. The predicted molar refractivity (Wildman–Crippen MR) is 116 cm³/mol. The molecule has 0 aromatic heterocycles. The smallest absolute Gasteiger partial charge is 0.327 e. The number of nitrogens with zero attached hydrogens (tertiary/aromatic N) is 1. The number of carbonyl (C=O) groups is 1. The Morgan fingerprint density at radius 3 is 1.96 bits per heavy atom. The molecule has 1 heterocycles. The summed E-state index contributed by atoms with van der Waals surface area (Å²) in [6, 6.07) is 26.3. The van der Waals surface area contributed by atoms with E-state index in [0.29, 0.717) is 5.92 Å². The van der Waals surface area contributed by atoms with Crippen molar-refractivity contribution in [1.29, 1.82) is 0 Å². The topological polar surface area (TPSA) is 32.3 Å². The first kappa shape index (κ1) is 18.6. The molecule has 3 nitrogen and oxygen atoms in total. The lowest BCUT2D eigenvalue weighted by molar-refractivity contribution is 0.242. The Labute approximate surface area is 170 Å². The van der Waals surface area contributed by atoms with Gasteiger partial charge in [0.2, 0.25) is 0 Å². The Morgan fingerprint density at radius 2 is 1.39 bits per heavy atom. The van der Waals surface area contributed by atoms with Crippen molar-refractivity contribution in [1.82, 2.24) is 5.32 Å². The molecule has 0 aliphatic carbocycles. The highest BCUT2D eigenvalue weighted by Crippen LogP contribution is 2.47. The van der Waals surface area contributed by atoms with Gasteiger partial charge in [0.05, 0.1) is 17.4 Å². The zero-order valence-electron chi connectivity index (χ0n) is 16.1. The second kappa shape index (κ2) is 8.11. The summed E-state index contributed by atoms with van der Waals surface area (Å²) in [5.41, 5.74) is 3.00. The molecule has 2 amide bonds. The van der Waals surface area contributed by atoms with Crippen LogP contribution in [-0.2, 0) is 0 Å². The Kier molecular flexibility index (Phi) is 5.40. The summed E-state index contributed by atoms with van der Waals surface area (Å²) in [5.74, 6) is 0.474. The summed E-state index contributed by atoms with van der Waals surface area (Å²) in [6.45, 7) is 4.37. The first-order valence-electron chi connectivity index (χ1n) is 9.65. The summed E-state index contributed by atoms with van der Waals surface area (Å²) in [7, 11) is 0. The summed E-state index contributed by atoms with van der Waals surface area (Å²) in [4.78, 5) is 17.5. The van der Waals surface area contributed by atoms with E-state index >= 15 is 0 Å². The molecule has 1 N–H and O–H groups in total. The van der Waals surface area contributed by atoms with E-state index in [4.69, 9.17) is 0 Å². The Morgan fingerprint density at radius 1 is 0.857 bits per heavy atom. The fourth-order valence-corrected chi connectivity index (χ4v) is 4.63. The molecule has 0 unspecified atom stereocenters. The molecule has 3 aromatic rings. The fourth-order valence-electron chi connectivity index (χ4n) is 3.57. The number of benzene rings is 3. The number of para-hydroxylation sites is 2. The van der Waals surface area contributed by atoms with Crippen LogP contribution in [0.25, 0.3) is 0 Å². The highest BCUT2D eigenvalue weighted by atomic mass is 32.2. The van der Waals surface area contributed by atoms with Gasteiger partial charge in [-0.15, -0.1) is 0 Å². The lowest BCUT2D eigenvalue weighted by Gasteiger charge is -2.33. The molecule has 4 rings (SSSR count). The van der Waals surface area contributed by atoms with Gasteiger partial charge in [-0.2, -0.15) is 0 Å².